The summed E-state index contributed by atoms with van der Waals surface area (Å²) in [5.41, 5.74) is 4.06. The van der Waals surface area contributed by atoms with Crippen LogP contribution in [0, 0.1) is 5.92 Å². The number of nitrogens with one attached hydrogen (secondary N) is 1. The zero-order valence-corrected chi connectivity index (χ0v) is 19.3. The number of halogens is 3. The third kappa shape index (κ3) is 5.17. The lowest BCUT2D eigenvalue weighted by molar-refractivity contribution is -0.188. The minimum Gasteiger partial charge on any atom is -0.369 e. The first-order valence-corrected chi connectivity index (χ1v) is 11.6. The lowest BCUT2D eigenvalue weighted by Crippen LogP contribution is -2.38. The molecule has 1 saturated carbocycles. The van der Waals surface area contributed by atoms with Crippen molar-refractivity contribution in [3.63, 3.8) is 0 Å². The summed E-state index contributed by atoms with van der Waals surface area (Å²) >= 11 is 0. The van der Waals surface area contributed by atoms with Gasteiger partial charge in [0, 0.05) is 36.5 Å². The highest BCUT2D eigenvalue weighted by Gasteiger charge is 2.35. The zero-order chi connectivity index (χ0) is 24.6. The Kier molecular flexibility index (Phi) is 6.22. The highest BCUT2D eigenvalue weighted by molar-refractivity contribution is 6.00. The monoisotopic (exact) mass is 485 g/mol. The highest BCUT2D eigenvalue weighted by Crippen LogP contribution is 2.39. The lowest BCUT2D eigenvalue weighted by Gasteiger charge is -2.32. The maximum Gasteiger partial charge on any atom is 0.411 e. The SMILES string of the molecule is Cn1ccc(-c2ccc3c(c2)N(C(=O)[C@H]2CC[C@@H](OCC(F)(F)F)CC2)Cc2cccnc2N3)n1. The first-order valence-electron chi connectivity index (χ1n) is 11.6. The quantitative estimate of drug-likeness (QED) is 0.549. The summed E-state index contributed by atoms with van der Waals surface area (Å²) < 4.78 is 44.3. The number of carbonyl (C=O) groups excluding carboxylic acids is 1. The Balaban J connectivity index is 1.41. The molecule has 0 saturated heterocycles. The van der Waals surface area contributed by atoms with Gasteiger partial charge >= 0.3 is 6.18 Å². The molecule has 1 aromatic carbocycles. The molecule has 184 valence electrons. The van der Waals surface area contributed by atoms with Crippen LogP contribution in [0.1, 0.15) is 31.2 Å². The van der Waals surface area contributed by atoms with E-state index in [1.54, 1.807) is 15.8 Å². The topological polar surface area (TPSA) is 72.3 Å². The molecule has 1 aliphatic heterocycles. The summed E-state index contributed by atoms with van der Waals surface area (Å²) in [7, 11) is 1.85. The number of hydrogen-bond acceptors (Lipinski definition) is 5. The number of amides is 1. The molecule has 0 atom stereocenters. The highest BCUT2D eigenvalue weighted by atomic mass is 19.4. The maximum atomic E-state index is 13.8. The Morgan fingerprint density at radius 2 is 1.97 bits per heavy atom. The van der Waals surface area contributed by atoms with Gasteiger partial charge in [-0.15, -0.1) is 0 Å². The van der Waals surface area contributed by atoms with Crippen molar-refractivity contribution in [1.29, 1.82) is 0 Å². The molecule has 1 N–H and O–H groups in total. The molecule has 3 aromatic rings. The van der Waals surface area contributed by atoms with Gasteiger partial charge in [0.25, 0.3) is 0 Å². The van der Waals surface area contributed by atoms with E-state index in [0.29, 0.717) is 38.0 Å². The van der Waals surface area contributed by atoms with Crippen LogP contribution >= 0.6 is 0 Å². The van der Waals surface area contributed by atoms with Gasteiger partial charge in [-0.2, -0.15) is 18.3 Å². The number of rotatable bonds is 4. The molecule has 0 unspecified atom stereocenters. The van der Waals surface area contributed by atoms with Crippen molar-refractivity contribution in [1.82, 2.24) is 14.8 Å². The van der Waals surface area contributed by atoms with E-state index in [0.717, 1.165) is 28.2 Å². The number of nitrogens with zero attached hydrogens (tertiary/aromatic N) is 4. The molecular weight excluding hydrogens is 459 g/mol. The predicted octanol–water partition coefficient (Wildman–Crippen LogP) is 5.21. The van der Waals surface area contributed by atoms with Crippen molar-refractivity contribution in [2.75, 3.05) is 16.8 Å². The van der Waals surface area contributed by atoms with Crippen molar-refractivity contribution in [2.45, 2.75) is 44.5 Å². The zero-order valence-electron chi connectivity index (χ0n) is 19.3. The van der Waals surface area contributed by atoms with Crippen molar-refractivity contribution < 1.29 is 22.7 Å². The van der Waals surface area contributed by atoms with Crippen molar-refractivity contribution in [3.8, 4) is 11.3 Å². The van der Waals surface area contributed by atoms with Crippen LogP contribution in [0.4, 0.5) is 30.4 Å². The van der Waals surface area contributed by atoms with Crippen LogP contribution in [0.5, 0.6) is 0 Å². The van der Waals surface area contributed by atoms with E-state index >= 15 is 0 Å². The Morgan fingerprint density at radius 1 is 1.17 bits per heavy atom. The first kappa shape index (κ1) is 23.3. The van der Waals surface area contributed by atoms with Gasteiger partial charge in [0.2, 0.25) is 5.91 Å². The molecule has 1 fully saturated rings. The summed E-state index contributed by atoms with van der Waals surface area (Å²) in [6, 6.07) is 11.5. The third-order valence-electron chi connectivity index (χ3n) is 6.54. The van der Waals surface area contributed by atoms with E-state index in [4.69, 9.17) is 4.74 Å². The second kappa shape index (κ2) is 9.33. The van der Waals surface area contributed by atoms with Crippen LogP contribution in [-0.2, 0) is 23.1 Å². The minimum absolute atomic E-state index is 0.0443. The standard InChI is InChI=1S/C25H26F3N5O2/c1-32-12-10-20(31-32)17-6-9-21-22(13-17)33(14-18-3-2-11-29-23(18)30-21)24(34)16-4-7-19(8-5-16)35-15-25(26,27)28/h2-3,6,9-13,16,19H,4-5,7-8,14-15H2,1H3,(H,29,30)/t16-,19+. The fraction of sp³-hybridized carbons (Fsp3) is 0.400. The summed E-state index contributed by atoms with van der Waals surface area (Å²) in [5, 5.41) is 7.84. The van der Waals surface area contributed by atoms with Crippen LogP contribution in [-0.4, -0.2) is 39.6 Å². The number of pyridine rings is 1. The van der Waals surface area contributed by atoms with Gasteiger partial charge in [-0.1, -0.05) is 12.1 Å². The molecule has 35 heavy (non-hydrogen) atoms. The van der Waals surface area contributed by atoms with Gasteiger partial charge in [0.15, 0.2) is 0 Å². The van der Waals surface area contributed by atoms with Gasteiger partial charge in [-0.05, 0) is 49.9 Å². The van der Waals surface area contributed by atoms with E-state index in [2.05, 4.69) is 15.4 Å². The smallest absolute Gasteiger partial charge is 0.369 e. The molecule has 0 spiro atoms. The van der Waals surface area contributed by atoms with Crippen LogP contribution in [0.15, 0.2) is 48.8 Å². The molecule has 10 heteroatoms. The van der Waals surface area contributed by atoms with E-state index in [-0.39, 0.29) is 11.8 Å². The van der Waals surface area contributed by atoms with Gasteiger partial charge in [0.05, 0.1) is 29.7 Å². The largest absolute Gasteiger partial charge is 0.411 e. The van der Waals surface area contributed by atoms with Crippen LogP contribution in [0.3, 0.4) is 0 Å². The van der Waals surface area contributed by atoms with E-state index < -0.39 is 18.9 Å². The van der Waals surface area contributed by atoms with Gasteiger partial charge in [-0.3, -0.25) is 9.48 Å². The van der Waals surface area contributed by atoms with Crippen molar-refractivity contribution >= 4 is 23.1 Å². The van der Waals surface area contributed by atoms with E-state index in [9.17, 15) is 18.0 Å². The second-order valence-electron chi connectivity index (χ2n) is 9.07. The van der Waals surface area contributed by atoms with Gasteiger partial charge in [0.1, 0.15) is 12.4 Å². The normalized spacial score (nSPS) is 19.9. The Morgan fingerprint density at radius 3 is 2.69 bits per heavy atom. The number of fused-ring (bicyclic) bond motifs is 2. The van der Waals surface area contributed by atoms with E-state index in [1.807, 2.05) is 49.6 Å². The molecule has 3 heterocycles. The molecule has 2 aliphatic rings. The first-order chi connectivity index (χ1) is 16.8. The number of benzene rings is 1. The van der Waals surface area contributed by atoms with Gasteiger partial charge in [-0.25, -0.2) is 4.98 Å². The number of aromatic nitrogens is 3. The molecule has 1 aliphatic carbocycles. The molecule has 7 nitrogen and oxygen atoms in total. The average Bonchev–Trinajstić information content (AvgIpc) is 3.20. The number of ether oxygens (including phenoxy) is 1. The molecule has 2 aromatic heterocycles. The average molecular weight is 486 g/mol. The Hall–Kier alpha value is -3.40. The van der Waals surface area contributed by atoms with Crippen molar-refractivity contribution in [3.05, 3.63) is 54.4 Å². The number of carbonyl (C=O) groups is 1. The molecule has 0 bridgehead atoms. The fourth-order valence-corrected chi connectivity index (χ4v) is 4.76. The molecule has 5 rings (SSSR count). The number of hydrogen-bond donors (Lipinski definition) is 1. The summed E-state index contributed by atoms with van der Waals surface area (Å²) in [6.45, 7) is -0.903. The summed E-state index contributed by atoms with van der Waals surface area (Å²) in [6.07, 6.45) is 0.576. The predicted molar refractivity (Wildman–Crippen MR) is 125 cm³/mol. The fourth-order valence-electron chi connectivity index (χ4n) is 4.76. The number of alkyl halides is 3. The van der Waals surface area contributed by atoms with Crippen LogP contribution < -0.4 is 10.2 Å². The second-order valence-corrected chi connectivity index (χ2v) is 9.07. The number of anilines is 3. The summed E-state index contributed by atoms with van der Waals surface area (Å²) in [4.78, 5) is 20.0. The minimum atomic E-state index is -4.35. The Labute approximate surface area is 200 Å². The van der Waals surface area contributed by atoms with Crippen LogP contribution in [0.2, 0.25) is 0 Å². The summed E-state index contributed by atoms with van der Waals surface area (Å²) in [5.74, 6) is 0.362. The van der Waals surface area contributed by atoms with Gasteiger partial charge < -0.3 is 15.0 Å². The maximum absolute atomic E-state index is 13.8. The number of aryl methyl sites for hydroxylation is 1. The molecular formula is C25H26F3N5O2. The van der Waals surface area contributed by atoms with E-state index in [1.165, 1.54) is 0 Å². The lowest BCUT2D eigenvalue weighted by atomic mass is 9.86. The third-order valence-corrected chi connectivity index (χ3v) is 6.54. The molecule has 1 amide bonds. The van der Waals surface area contributed by atoms with Crippen LogP contribution in [0.25, 0.3) is 11.3 Å². The Bertz CT molecular complexity index is 1220. The van der Waals surface area contributed by atoms with Crippen molar-refractivity contribution in [2.24, 2.45) is 13.0 Å². The molecule has 0 radical (unpaired) electrons.